The maximum atomic E-state index is 12.1. The molecule has 92 valence electrons. The zero-order valence-electron chi connectivity index (χ0n) is 11.0. The second-order valence-corrected chi connectivity index (χ2v) is 4.69. The Morgan fingerprint density at radius 1 is 1.11 bits per heavy atom. The minimum Gasteiger partial charge on any atom is -0.292 e. The number of benzene rings is 1. The molecule has 2 nitrogen and oxygen atoms in total. The van der Waals surface area contributed by atoms with Crippen molar-refractivity contribution < 1.29 is 4.79 Å². The molecule has 2 rings (SSSR count). The van der Waals surface area contributed by atoms with Crippen LogP contribution in [-0.4, -0.2) is 10.8 Å². The van der Waals surface area contributed by atoms with Crippen LogP contribution in [0.15, 0.2) is 36.5 Å². The maximum absolute atomic E-state index is 12.1. The van der Waals surface area contributed by atoms with E-state index >= 15 is 0 Å². The van der Waals surface area contributed by atoms with E-state index in [9.17, 15) is 4.79 Å². The van der Waals surface area contributed by atoms with Gasteiger partial charge in [0.1, 0.15) is 5.69 Å². The fourth-order valence-electron chi connectivity index (χ4n) is 2.27. The van der Waals surface area contributed by atoms with Gasteiger partial charge in [-0.3, -0.25) is 9.78 Å². The highest BCUT2D eigenvalue weighted by atomic mass is 16.1. The van der Waals surface area contributed by atoms with Crippen molar-refractivity contribution in [2.75, 3.05) is 0 Å². The van der Waals surface area contributed by atoms with E-state index in [1.54, 1.807) is 12.3 Å². The molecule has 1 aromatic heterocycles. The number of aromatic nitrogens is 1. The summed E-state index contributed by atoms with van der Waals surface area (Å²) in [6.45, 7) is 6.19. The summed E-state index contributed by atoms with van der Waals surface area (Å²) in [7, 11) is 0. The van der Waals surface area contributed by atoms with E-state index in [2.05, 4.69) is 37.9 Å². The van der Waals surface area contributed by atoms with Crippen molar-refractivity contribution in [3.05, 3.63) is 64.5 Å². The lowest BCUT2D eigenvalue weighted by Gasteiger charge is -2.10. The summed E-state index contributed by atoms with van der Waals surface area (Å²) in [5, 5.41) is 0. The molecule has 0 aliphatic carbocycles. The van der Waals surface area contributed by atoms with E-state index < -0.39 is 0 Å². The SMILES string of the molecule is Cc1cc(C)c(CC(=O)c2ccccn2)c(C)c1. The number of rotatable bonds is 3. The van der Waals surface area contributed by atoms with Gasteiger partial charge < -0.3 is 0 Å². The number of carbonyl (C=O) groups excluding carboxylic acids is 1. The second kappa shape index (κ2) is 5.13. The number of nitrogens with zero attached hydrogens (tertiary/aromatic N) is 1. The van der Waals surface area contributed by atoms with Crippen LogP contribution in [0.25, 0.3) is 0 Å². The van der Waals surface area contributed by atoms with Crippen LogP contribution in [0.2, 0.25) is 0 Å². The number of pyridine rings is 1. The Morgan fingerprint density at radius 2 is 1.78 bits per heavy atom. The summed E-state index contributed by atoms with van der Waals surface area (Å²) in [4.78, 5) is 16.2. The van der Waals surface area contributed by atoms with Gasteiger partial charge in [0, 0.05) is 12.6 Å². The van der Waals surface area contributed by atoms with Crippen LogP contribution in [0.4, 0.5) is 0 Å². The van der Waals surface area contributed by atoms with Crippen LogP contribution in [0.1, 0.15) is 32.7 Å². The summed E-state index contributed by atoms with van der Waals surface area (Å²) in [6, 6.07) is 9.66. The van der Waals surface area contributed by atoms with Gasteiger partial charge in [0.05, 0.1) is 0 Å². The monoisotopic (exact) mass is 239 g/mol. The Balaban J connectivity index is 2.28. The Morgan fingerprint density at radius 3 is 2.33 bits per heavy atom. The lowest BCUT2D eigenvalue weighted by atomic mass is 9.95. The van der Waals surface area contributed by atoms with E-state index in [0.717, 1.165) is 5.56 Å². The highest BCUT2D eigenvalue weighted by Crippen LogP contribution is 2.18. The third kappa shape index (κ3) is 2.65. The molecule has 2 heteroatoms. The minimum atomic E-state index is 0.0747. The van der Waals surface area contributed by atoms with Gasteiger partial charge in [-0.1, -0.05) is 23.8 Å². The van der Waals surface area contributed by atoms with Crippen molar-refractivity contribution in [3.8, 4) is 0 Å². The third-order valence-corrected chi connectivity index (χ3v) is 3.13. The molecule has 0 amide bonds. The first-order valence-corrected chi connectivity index (χ1v) is 6.09. The van der Waals surface area contributed by atoms with E-state index in [-0.39, 0.29) is 5.78 Å². The molecule has 0 aliphatic heterocycles. The van der Waals surface area contributed by atoms with Crippen molar-refractivity contribution in [2.24, 2.45) is 0 Å². The zero-order chi connectivity index (χ0) is 13.1. The number of ketones is 1. The van der Waals surface area contributed by atoms with Gasteiger partial charge in [0.2, 0.25) is 0 Å². The van der Waals surface area contributed by atoms with E-state index in [0.29, 0.717) is 12.1 Å². The molecular formula is C16H17NO. The van der Waals surface area contributed by atoms with Crippen molar-refractivity contribution >= 4 is 5.78 Å². The normalized spacial score (nSPS) is 10.4. The Hall–Kier alpha value is -1.96. The minimum absolute atomic E-state index is 0.0747. The molecule has 2 aromatic rings. The van der Waals surface area contributed by atoms with Crippen molar-refractivity contribution in [2.45, 2.75) is 27.2 Å². The van der Waals surface area contributed by atoms with Crippen LogP contribution in [0, 0.1) is 20.8 Å². The molecule has 0 N–H and O–H groups in total. The first-order chi connectivity index (χ1) is 8.58. The van der Waals surface area contributed by atoms with Crippen molar-refractivity contribution in [3.63, 3.8) is 0 Å². The maximum Gasteiger partial charge on any atom is 0.185 e. The topological polar surface area (TPSA) is 30.0 Å². The first-order valence-electron chi connectivity index (χ1n) is 6.09. The summed E-state index contributed by atoms with van der Waals surface area (Å²) < 4.78 is 0. The average molecular weight is 239 g/mol. The zero-order valence-corrected chi connectivity index (χ0v) is 11.0. The fraction of sp³-hybridized carbons (Fsp3) is 0.250. The molecule has 0 radical (unpaired) electrons. The number of aryl methyl sites for hydroxylation is 3. The molecule has 0 atom stereocenters. The van der Waals surface area contributed by atoms with Gasteiger partial charge >= 0.3 is 0 Å². The van der Waals surface area contributed by atoms with E-state index in [1.165, 1.54) is 16.7 Å². The Bertz CT molecular complexity index is 550. The van der Waals surface area contributed by atoms with Crippen LogP contribution >= 0.6 is 0 Å². The Kier molecular flexibility index (Phi) is 3.56. The van der Waals surface area contributed by atoms with Crippen LogP contribution in [0.5, 0.6) is 0 Å². The molecule has 0 fully saturated rings. The molecular weight excluding hydrogens is 222 g/mol. The first kappa shape index (κ1) is 12.5. The van der Waals surface area contributed by atoms with Crippen LogP contribution < -0.4 is 0 Å². The Labute approximate surface area is 108 Å². The van der Waals surface area contributed by atoms with Gasteiger partial charge in [-0.2, -0.15) is 0 Å². The molecule has 1 heterocycles. The highest BCUT2D eigenvalue weighted by Gasteiger charge is 2.11. The summed E-state index contributed by atoms with van der Waals surface area (Å²) in [6.07, 6.45) is 2.08. The smallest absolute Gasteiger partial charge is 0.185 e. The molecule has 0 saturated carbocycles. The second-order valence-electron chi connectivity index (χ2n) is 4.69. The quantitative estimate of drug-likeness (QED) is 0.768. The van der Waals surface area contributed by atoms with E-state index in [1.807, 2.05) is 12.1 Å². The standard InChI is InChI=1S/C16H17NO/c1-11-8-12(2)14(13(3)9-11)10-16(18)15-6-4-5-7-17-15/h4-9H,10H2,1-3H3. The van der Waals surface area contributed by atoms with Gasteiger partial charge in [0.25, 0.3) is 0 Å². The molecule has 0 unspecified atom stereocenters. The molecule has 18 heavy (non-hydrogen) atoms. The predicted molar refractivity (Wildman–Crippen MR) is 72.9 cm³/mol. The average Bonchev–Trinajstić information content (AvgIpc) is 2.34. The lowest BCUT2D eigenvalue weighted by Crippen LogP contribution is -2.08. The molecule has 0 aliphatic rings. The number of hydrogen-bond donors (Lipinski definition) is 0. The van der Waals surface area contributed by atoms with Gasteiger partial charge in [0.15, 0.2) is 5.78 Å². The number of carbonyl (C=O) groups is 1. The van der Waals surface area contributed by atoms with Gasteiger partial charge in [-0.15, -0.1) is 0 Å². The van der Waals surface area contributed by atoms with Crippen LogP contribution in [0.3, 0.4) is 0 Å². The predicted octanol–water partition coefficient (Wildman–Crippen LogP) is 3.43. The third-order valence-electron chi connectivity index (χ3n) is 3.13. The molecule has 1 aromatic carbocycles. The van der Waals surface area contributed by atoms with Gasteiger partial charge in [-0.25, -0.2) is 0 Å². The molecule has 0 bridgehead atoms. The van der Waals surface area contributed by atoms with Crippen molar-refractivity contribution in [1.29, 1.82) is 0 Å². The van der Waals surface area contributed by atoms with Crippen molar-refractivity contribution in [1.82, 2.24) is 4.98 Å². The largest absolute Gasteiger partial charge is 0.292 e. The number of Topliss-reactive ketones (excluding diaryl/α,β-unsaturated/α-hetero) is 1. The number of hydrogen-bond acceptors (Lipinski definition) is 2. The summed E-state index contributed by atoms with van der Waals surface area (Å²) in [5.74, 6) is 0.0747. The van der Waals surface area contributed by atoms with Gasteiger partial charge in [-0.05, 0) is 49.6 Å². The summed E-state index contributed by atoms with van der Waals surface area (Å²) >= 11 is 0. The fourth-order valence-corrected chi connectivity index (χ4v) is 2.27. The van der Waals surface area contributed by atoms with Crippen LogP contribution in [-0.2, 0) is 6.42 Å². The van der Waals surface area contributed by atoms with E-state index in [4.69, 9.17) is 0 Å². The molecule has 0 saturated heterocycles. The summed E-state index contributed by atoms with van der Waals surface area (Å²) in [5.41, 5.74) is 5.25. The lowest BCUT2D eigenvalue weighted by molar-refractivity contribution is 0.0988. The molecule has 0 spiro atoms. The highest BCUT2D eigenvalue weighted by molar-refractivity contribution is 5.96.